The predicted molar refractivity (Wildman–Crippen MR) is 149 cm³/mol. The van der Waals surface area contributed by atoms with Crippen molar-refractivity contribution in [2.24, 2.45) is 16.5 Å². The van der Waals surface area contributed by atoms with Crippen LogP contribution in [0.3, 0.4) is 0 Å². The van der Waals surface area contributed by atoms with E-state index < -0.39 is 0 Å². The van der Waals surface area contributed by atoms with E-state index in [-0.39, 0.29) is 5.96 Å². The van der Waals surface area contributed by atoms with E-state index >= 15 is 0 Å². The van der Waals surface area contributed by atoms with Crippen molar-refractivity contribution in [1.82, 2.24) is 29.4 Å². The van der Waals surface area contributed by atoms with Gasteiger partial charge in [0.25, 0.3) is 0 Å². The van der Waals surface area contributed by atoms with Gasteiger partial charge in [0.2, 0.25) is 5.95 Å². The largest absolute Gasteiger partial charge is 0.379 e. The Morgan fingerprint density at radius 1 is 1.05 bits per heavy atom. The van der Waals surface area contributed by atoms with Crippen LogP contribution in [-0.4, -0.2) is 74.8 Å². The molecule has 2 aliphatic rings. The SMILES string of the molecule is NC(N)=NCCCCCNc1nc(Nc2ccc(CN3CCOCC3)nc2)c2ncn(C3CCCC3)c2n1. The minimum atomic E-state index is 0.144. The van der Waals surface area contributed by atoms with Crippen molar-refractivity contribution in [1.29, 1.82) is 0 Å². The second-order valence-electron chi connectivity index (χ2n) is 10.0. The van der Waals surface area contributed by atoms with E-state index in [4.69, 9.17) is 31.2 Å². The monoisotopic (exact) mass is 521 g/mol. The molecule has 12 heteroatoms. The molecule has 204 valence electrons. The maximum absolute atomic E-state index is 5.45. The number of aromatic nitrogens is 5. The first kappa shape index (κ1) is 26.1. The van der Waals surface area contributed by atoms with E-state index in [9.17, 15) is 0 Å². The molecule has 2 fully saturated rings. The van der Waals surface area contributed by atoms with Gasteiger partial charge in [0, 0.05) is 38.8 Å². The Labute approximate surface area is 223 Å². The minimum absolute atomic E-state index is 0.144. The molecule has 1 aliphatic heterocycles. The van der Waals surface area contributed by atoms with Crippen LogP contribution in [0.2, 0.25) is 0 Å². The third-order valence-electron chi connectivity index (χ3n) is 7.13. The van der Waals surface area contributed by atoms with Crippen molar-refractivity contribution >= 4 is 34.6 Å². The van der Waals surface area contributed by atoms with Crippen molar-refractivity contribution in [3.8, 4) is 0 Å². The van der Waals surface area contributed by atoms with Gasteiger partial charge in [-0.25, -0.2) is 4.98 Å². The first-order chi connectivity index (χ1) is 18.7. The van der Waals surface area contributed by atoms with Gasteiger partial charge < -0.3 is 31.4 Å². The highest BCUT2D eigenvalue weighted by atomic mass is 16.5. The zero-order valence-electron chi connectivity index (χ0n) is 22.0. The zero-order chi connectivity index (χ0) is 26.2. The third-order valence-corrected chi connectivity index (χ3v) is 7.13. The number of imidazole rings is 1. The molecule has 0 aromatic carbocycles. The lowest BCUT2D eigenvalue weighted by Crippen LogP contribution is -2.35. The number of hydrogen-bond donors (Lipinski definition) is 4. The molecule has 6 N–H and O–H groups in total. The number of aliphatic imine (C=N–C) groups is 1. The molecule has 0 spiro atoms. The van der Waals surface area contributed by atoms with Gasteiger partial charge >= 0.3 is 0 Å². The Bertz CT molecular complexity index is 1190. The standard InChI is InChI=1S/C26H39N11O/c27-25(28)29-10-4-1-5-11-30-26-34-23(22-24(35-26)37(18-32-22)21-6-2-3-7-21)33-19-8-9-20(31-16-19)17-36-12-14-38-15-13-36/h8-9,16,18,21H,1-7,10-15,17H2,(H4,27,28,29)(H2,30,33,34,35). The summed E-state index contributed by atoms with van der Waals surface area (Å²) in [5.74, 6) is 1.43. The zero-order valence-corrected chi connectivity index (χ0v) is 22.0. The van der Waals surface area contributed by atoms with Crippen LogP contribution in [0, 0.1) is 0 Å². The number of nitrogens with zero attached hydrogens (tertiary/aromatic N) is 7. The topological polar surface area (TPSA) is 157 Å². The number of pyridine rings is 1. The summed E-state index contributed by atoms with van der Waals surface area (Å²) in [5.41, 5.74) is 14.3. The summed E-state index contributed by atoms with van der Waals surface area (Å²) in [5, 5.41) is 6.85. The Hall–Kier alpha value is -3.51. The molecule has 0 radical (unpaired) electrons. The fraction of sp³-hybridized carbons (Fsp3) is 0.577. The Balaban J connectivity index is 1.28. The third kappa shape index (κ3) is 6.87. The van der Waals surface area contributed by atoms with Crippen LogP contribution in [0.1, 0.15) is 56.7 Å². The molecule has 38 heavy (non-hydrogen) atoms. The van der Waals surface area contributed by atoms with Gasteiger partial charge in [0.15, 0.2) is 22.9 Å². The number of unbranched alkanes of at least 4 members (excludes halogenated alkanes) is 2. The van der Waals surface area contributed by atoms with Gasteiger partial charge in [-0.1, -0.05) is 12.8 Å². The van der Waals surface area contributed by atoms with Gasteiger partial charge in [-0.05, 0) is 44.2 Å². The summed E-state index contributed by atoms with van der Waals surface area (Å²) in [6.45, 7) is 5.69. The number of nitrogens with two attached hydrogens (primary N) is 2. The highest BCUT2D eigenvalue weighted by molar-refractivity contribution is 5.86. The summed E-state index contributed by atoms with van der Waals surface area (Å²) in [7, 11) is 0. The molecule has 0 unspecified atom stereocenters. The van der Waals surface area contributed by atoms with Crippen molar-refractivity contribution in [2.75, 3.05) is 50.0 Å². The number of rotatable bonds is 12. The second kappa shape index (κ2) is 12.8. The summed E-state index contributed by atoms with van der Waals surface area (Å²) < 4.78 is 7.67. The molecule has 1 aliphatic carbocycles. The number of hydrogen-bond acceptors (Lipinski definition) is 9. The average Bonchev–Trinajstić information content (AvgIpc) is 3.60. The van der Waals surface area contributed by atoms with E-state index in [1.807, 2.05) is 18.6 Å². The van der Waals surface area contributed by atoms with Crippen LogP contribution in [0.4, 0.5) is 17.5 Å². The van der Waals surface area contributed by atoms with Crippen LogP contribution >= 0.6 is 0 Å². The molecule has 5 rings (SSSR count). The molecule has 3 aromatic rings. The van der Waals surface area contributed by atoms with Crippen molar-refractivity contribution in [3.05, 3.63) is 30.4 Å². The molecule has 1 saturated heterocycles. The summed E-state index contributed by atoms with van der Waals surface area (Å²) >= 11 is 0. The average molecular weight is 522 g/mol. The van der Waals surface area contributed by atoms with Gasteiger partial charge in [-0.3, -0.25) is 14.9 Å². The van der Waals surface area contributed by atoms with Gasteiger partial charge in [-0.15, -0.1) is 0 Å². The molecular formula is C26H39N11O. The van der Waals surface area contributed by atoms with Crippen molar-refractivity contribution < 1.29 is 4.74 Å². The lowest BCUT2D eigenvalue weighted by molar-refractivity contribution is 0.0336. The summed E-state index contributed by atoms with van der Waals surface area (Å²) in [6.07, 6.45) is 11.5. The van der Waals surface area contributed by atoms with Crippen LogP contribution in [0.25, 0.3) is 11.2 Å². The molecule has 4 heterocycles. The normalized spacial score (nSPS) is 16.6. The Morgan fingerprint density at radius 3 is 2.66 bits per heavy atom. The van der Waals surface area contributed by atoms with E-state index in [1.54, 1.807) is 0 Å². The van der Waals surface area contributed by atoms with Gasteiger partial charge in [-0.2, -0.15) is 9.97 Å². The van der Waals surface area contributed by atoms with E-state index in [0.717, 1.165) is 94.0 Å². The molecule has 3 aromatic heterocycles. The summed E-state index contributed by atoms with van der Waals surface area (Å²) in [4.78, 5) is 25.5. The Morgan fingerprint density at radius 2 is 1.89 bits per heavy atom. The van der Waals surface area contributed by atoms with Crippen LogP contribution in [-0.2, 0) is 11.3 Å². The first-order valence-electron chi connectivity index (χ1n) is 13.7. The number of anilines is 3. The molecule has 12 nitrogen and oxygen atoms in total. The summed E-state index contributed by atoms with van der Waals surface area (Å²) in [6, 6.07) is 4.55. The van der Waals surface area contributed by atoms with E-state index in [0.29, 0.717) is 24.4 Å². The number of guanidine groups is 1. The fourth-order valence-electron chi connectivity index (χ4n) is 5.07. The van der Waals surface area contributed by atoms with Crippen LogP contribution in [0.15, 0.2) is 29.6 Å². The predicted octanol–water partition coefficient (Wildman–Crippen LogP) is 2.77. The first-order valence-corrected chi connectivity index (χ1v) is 13.7. The molecule has 0 bridgehead atoms. The Kier molecular flexibility index (Phi) is 8.82. The highest BCUT2D eigenvalue weighted by Gasteiger charge is 2.22. The van der Waals surface area contributed by atoms with Crippen molar-refractivity contribution in [3.63, 3.8) is 0 Å². The lowest BCUT2D eigenvalue weighted by atomic mass is 10.2. The number of ether oxygens (including phenoxy) is 1. The molecule has 0 atom stereocenters. The maximum atomic E-state index is 5.45. The van der Waals surface area contributed by atoms with Crippen LogP contribution < -0.4 is 22.1 Å². The smallest absolute Gasteiger partial charge is 0.226 e. The number of morpholine rings is 1. The number of fused-ring (bicyclic) bond motifs is 1. The second-order valence-corrected chi connectivity index (χ2v) is 10.0. The van der Waals surface area contributed by atoms with Crippen molar-refractivity contribution in [2.45, 2.75) is 57.5 Å². The van der Waals surface area contributed by atoms with E-state index in [1.165, 1.54) is 12.8 Å². The fourth-order valence-corrected chi connectivity index (χ4v) is 5.07. The molecular weight excluding hydrogens is 482 g/mol. The lowest BCUT2D eigenvalue weighted by Gasteiger charge is -2.26. The van der Waals surface area contributed by atoms with E-state index in [2.05, 4.69) is 36.1 Å². The minimum Gasteiger partial charge on any atom is -0.379 e. The highest BCUT2D eigenvalue weighted by Crippen LogP contribution is 2.33. The maximum Gasteiger partial charge on any atom is 0.226 e. The number of nitrogens with one attached hydrogen (secondary N) is 2. The molecule has 1 saturated carbocycles. The molecule has 0 amide bonds. The quantitative estimate of drug-likeness (QED) is 0.159. The van der Waals surface area contributed by atoms with Crippen LogP contribution in [0.5, 0.6) is 0 Å². The van der Waals surface area contributed by atoms with Gasteiger partial charge in [0.1, 0.15) is 0 Å². The van der Waals surface area contributed by atoms with Gasteiger partial charge in [0.05, 0.1) is 37.1 Å².